The summed E-state index contributed by atoms with van der Waals surface area (Å²) in [6.07, 6.45) is 7.93. The zero-order valence-corrected chi connectivity index (χ0v) is 19.0. The molecule has 0 spiro atoms. The van der Waals surface area contributed by atoms with E-state index in [0.717, 1.165) is 24.8 Å². The lowest BCUT2D eigenvalue weighted by Gasteiger charge is -2.33. The summed E-state index contributed by atoms with van der Waals surface area (Å²) in [6, 6.07) is 12.5. The number of amides is 3. The molecule has 1 atom stereocenters. The molecule has 1 aliphatic heterocycles. The van der Waals surface area contributed by atoms with Crippen LogP contribution in [-0.2, 0) is 16.1 Å². The van der Waals surface area contributed by atoms with Crippen molar-refractivity contribution in [2.24, 2.45) is 0 Å². The minimum Gasteiger partial charge on any atom is -0.454 e. The average molecular weight is 464 g/mol. The molecule has 3 heterocycles. The predicted molar refractivity (Wildman–Crippen MR) is 125 cm³/mol. The summed E-state index contributed by atoms with van der Waals surface area (Å²) in [4.78, 5) is 44.0. The fraction of sp³-hybridized carbons (Fsp3) is 0.360. The molecule has 2 N–H and O–H groups in total. The number of furan rings is 1. The van der Waals surface area contributed by atoms with Gasteiger partial charge in [0.15, 0.2) is 5.76 Å². The van der Waals surface area contributed by atoms with Gasteiger partial charge in [0.05, 0.1) is 31.9 Å². The molecule has 3 aromatic rings. The van der Waals surface area contributed by atoms with Crippen LogP contribution in [0.1, 0.15) is 53.6 Å². The van der Waals surface area contributed by atoms with Gasteiger partial charge in [0, 0.05) is 25.5 Å². The molecule has 178 valence electrons. The number of carbonyl (C=O) groups excluding carboxylic acids is 3. The van der Waals surface area contributed by atoms with Crippen LogP contribution < -0.4 is 10.6 Å². The van der Waals surface area contributed by atoms with Crippen LogP contribution in [0, 0.1) is 0 Å². The van der Waals surface area contributed by atoms with E-state index in [0.29, 0.717) is 25.4 Å². The second kappa shape index (κ2) is 11.3. The zero-order chi connectivity index (χ0) is 23.8. The van der Waals surface area contributed by atoms with Crippen LogP contribution in [0.2, 0.25) is 0 Å². The Hall–Kier alpha value is -3.88. The first-order valence-corrected chi connectivity index (χ1v) is 11.5. The summed E-state index contributed by atoms with van der Waals surface area (Å²) in [7, 11) is 0. The molecule has 1 fully saturated rings. The SMILES string of the molecule is O=C1CC(c2ccccc2)N(C(=O)CNC(=O)c2ccc(Cn3ccnc3)o2)CCCCCN1. The summed E-state index contributed by atoms with van der Waals surface area (Å²) in [6.45, 7) is 1.45. The lowest BCUT2D eigenvalue weighted by molar-refractivity contribution is -0.134. The van der Waals surface area contributed by atoms with E-state index in [4.69, 9.17) is 4.42 Å². The largest absolute Gasteiger partial charge is 0.454 e. The molecule has 1 aromatic carbocycles. The van der Waals surface area contributed by atoms with Crippen LogP contribution in [0.4, 0.5) is 0 Å². The third-order valence-corrected chi connectivity index (χ3v) is 5.84. The highest BCUT2D eigenvalue weighted by Gasteiger charge is 2.28. The van der Waals surface area contributed by atoms with E-state index in [-0.39, 0.29) is 30.5 Å². The standard InChI is InChI=1S/C25H29N5O4/c31-23-15-21(19-7-3-1-4-8-19)30(13-6-2-5-11-27-23)24(32)16-28-25(33)22-10-9-20(34-22)17-29-14-12-26-18-29/h1,3-4,7-10,12,14,18,21H,2,5-6,11,13,15-17H2,(H,27,31)(H,28,33). The highest BCUT2D eigenvalue weighted by atomic mass is 16.4. The van der Waals surface area contributed by atoms with Crippen LogP contribution in [0.25, 0.3) is 0 Å². The number of carbonyl (C=O) groups is 3. The third-order valence-electron chi connectivity index (χ3n) is 5.84. The first kappa shape index (κ1) is 23.3. The Morgan fingerprint density at radius 1 is 1.12 bits per heavy atom. The highest BCUT2D eigenvalue weighted by molar-refractivity contribution is 5.94. The molecule has 1 unspecified atom stereocenters. The van der Waals surface area contributed by atoms with E-state index in [1.54, 1.807) is 35.8 Å². The van der Waals surface area contributed by atoms with E-state index in [1.165, 1.54) is 0 Å². The molecule has 2 aromatic heterocycles. The predicted octanol–water partition coefficient (Wildman–Crippen LogP) is 2.51. The van der Waals surface area contributed by atoms with E-state index in [2.05, 4.69) is 15.6 Å². The second-order valence-corrected chi connectivity index (χ2v) is 8.31. The molecule has 9 heteroatoms. The molecule has 4 rings (SSSR count). The lowest BCUT2D eigenvalue weighted by atomic mass is 10.00. The molecule has 34 heavy (non-hydrogen) atoms. The number of nitrogens with one attached hydrogen (secondary N) is 2. The van der Waals surface area contributed by atoms with Crippen molar-refractivity contribution in [2.45, 2.75) is 38.3 Å². The van der Waals surface area contributed by atoms with E-state index in [9.17, 15) is 14.4 Å². The van der Waals surface area contributed by atoms with Crippen molar-refractivity contribution in [3.63, 3.8) is 0 Å². The first-order valence-electron chi connectivity index (χ1n) is 11.5. The van der Waals surface area contributed by atoms with Gasteiger partial charge in [-0.25, -0.2) is 4.98 Å². The Morgan fingerprint density at radius 3 is 2.76 bits per heavy atom. The Kier molecular flexibility index (Phi) is 7.75. The van der Waals surface area contributed by atoms with Crippen molar-refractivity contribution in [1.82, 2.24) is 25.1 Å². The van der Waals surface area contributed by atoms with Gasteiger partial charge in [0.1, 0.15) is 5.76 Å². The van der Waals surface area contributed by atoms with E-state index in [1.807, 2.05) is 34.9 Å². The molecule has 0 saturated carbocycles. The van der Waals surface area contributed by atoms with Crippen LogP contribution in [0.15, 0.2) is 65.6 Å². The quantitative estimate of drug-likeness (QED) is 0.584. The first-order chi connectivity index (χ1) is 16.6. The molecule has 1 aliphatic rings. The van der Waals surface area contributed by atoms with Gasteiger partial charge in [0.25, 0.3) is 5.91 Å². The van der Waals surface area contributed by atoms with Crippen molar-refractivity contribution in [3.05, 3.63) is 78.3 Å². The Labute approximate surface area is 198 Å². The fourth-order valence-electron chi connectivity index (χ4n) is 4.09. The van der Waals surface area contributed by atoms with Crippen molar-refractivity contribution < 1.29 is 18.8 Å². The second-order valence-electron chi connectivity index (χ2n) is 8.31. The monoisotopic (exact) mass is 463 g/mol. The molecular formula is C25H29N5O4. The molecule has 3 amide bonds. The summed E-state index contributed by atoms with van der Waals surface area (Å²) in [5.74, 6) is -0.0248. The van der Waals surface area contributed by atoms with Crippen molar-refractivity contribution in [2.75, 3.05) is 19.6 Å². The number of benzene rings is 1. The Balaban J connectivity index is 1.42. The fourth-order valence-corrected chi connectivity index (χ4v) is 4.09. The summed E-state index contributed by atoms with van der Waals surface area (Å²) in [5.41, 5.74) is 0.896. The number of aromatic nitrogens is 2. The summed E-state index contributed by atoms with van der Waals surface area (Å²) >= 11 is 0. The van der Waals surface area contributed by atoms with Crippen LogP contribution in [-0.4, -0.2) is 51.8 Å². The molecule has 9 nitrogen and oxygen atoms in total. The maximum Gasteiger partial charge on any atom is 0.287 e. The maximum absolute atomic E-state index is 13.2. The van der Waals surface area contributed by atoms with E-state index < -0.39 is 11.9 Å². The van der Waals surface area contributed by atoms with Gasteiger partial charge in [-0.15, -0.1) is 0 Å². The summed E-state index contributed by atoms with van der Waals surface area (Å²) in [5, 5.41) is 5.61. The van der Waals surface area contributed by atoms with Gasteiger partial charge in [-0.05, 0) is 37.0 Å². The molecule has 1 saturated heterocycles. The number of nitrogens with zero attached hydrogens (tertiary/aromatic N) is 3. The zero-order valence-electron chi connectivity index (χ0n) is 19.0. The number of imidazole rings is 1. The van der Waals surface area contributed by atoms with Crippen LogP contribution >= 0.6 is 0 Å². The molecule has 0 aliphatic carbocycles. The number of hydrogen-bond acceptors (Lipinski definition) is 5. The third kappa shape index (κ3) is 6.12. The number of rotatable bonds is 6. The van der Waals surface area contributed by atoms with Crippen LogP contribution in [0.5, 0.6) is 0 Å². The van der Waals surface area contributed by atoms with Gasteiger partial charge < -0.3 is 24.5 Å². The Morgan fingerprint density at radius 2 is 1.97 bits per heavy atom. The molecular weight excluding hydrogens is 434 g/mol. The molecule has 0 bridgehead atoms. The van der Waals surface area contributed by atoms with Crippen molar-refractivity contribution in [3.8, 4) is 0 Å². The minimum atomic E-state index is -0.458. The topological polar surface area (TPSA) is 109 Å². The average Bonchev–Trinajstić information content (AvgIpc) is 3.54. The smallest absolute Gasteiger partial charge is 0.287 e. The minimum absolute atomic E-state index is 0.0846. The summed E-state index contributed by atoms with van der Waals surface area (Å²) < 4.78 is 7.46. The lowest BCUT2D eigenvalue weighted by Crippen LogP contribution is -2.44. The van der Waals surface area contributed by atoms with Gasteiger partial charge in [0.2, 0.25) is 11.8 Å². The maximum atomic E-state index is 13.2. The van der Waals surface area contributed by atoms with Gasteiger partial charge in [-0.1, -0.05) is 30.3 Å². The van der Waals surface area contributed by atoms with Crippen molar-refractivity contribution >= 4 is 17.7 Å². The molecule has 0 radical (unpaired) electrons. The van der Waals surface area contributed by atoms with Gasteiger partial charge >= 0.3 is 0 Å². The van der Waals surface area contributed by atoms with Gasteiger partial charge in [-0.3, -0.25) is 14.4 Å². The van der Waals surface area contributed by atoms with E-state index >= 15 is 0 Å². The Bertz CT molecular complexity index is 1090. The highest BCUT2D eigenvalue weighted by Crippen LogP contribution is 2.26. The van der Waals surface area contributed by atoms with Crippen molar-refractivity contribution in [1.29, 1.82) is 0 Å². The number of hydrogen-bond donors (Lipinski definition) is 2. The van der Waals surface area contributed by atoms with Gasteiger partial charge in [-0.2, -0.15) is 0 Å². The normalized spacial score (nSPS) is 17.1. The van der Waals surface area contributed by atoms with Crippen LogP contribution in [0.3, 0.4) is 0 Å².